The molecule has 3 rings (SSSR count). The molecule has 0 aromatic rings. The zero-order valence-electron chi connectivity index (χ0n) is 16.7. The van der Waals surface area contributed by atoms with Crippen LogP contribution in [0, 0.1) is 40.4 Å². The van der Waals surface area contributed by atoms with Gasteiger partial charge in [-0.2, -0.15) is 0 Å². The van der Waals surface area contributed by atoms with Crippen LogP contribution in [0.3, 0.4) is 0 Å². The summed E-state index contributed by atoms with van der Waals surface area (Å²) in [6.07, 6.45) is 16.6. The first kappa shape index (κ1) is 17.8. The van der Waals surface area contributed by atoms with E-state index in [2.05, 4.69) is 34.6 Å². The van der Waals surface area contributed by atoms with Gasteiger partial charge in [0.15, 0.2) is 0 Å². The molecule has 134 valence electrons. The Hall–Kier alpha value is 0. The molecule has 0 heterocycles. The molecule has 0 nitrogen and oxygen atoms in total. The second kappa shape index (κ2) is 6.72. The standard InChI is InChI=1S/C23H42/c1-17(11-14-22(5)12-8-10-19(22)3)18(2)15-21-16-23(21)13-7-6-9-20(23)4/h17-21H,6-16H2,1-5H3. The van der Waals surface area contributed by atoms with E-state index in [1.165, 1.54) is 57.8 Å². The molecule has 0 aromatic heterocycles. The van der Waals surface area contributed by atoms with Crippen molar-refractivity contribution >= 4 is 0 Å². The van der Waals surface area contributed by atoms with Crippen molar-refractivity contribution in [2.24, 2.45) is 40.4 Å². The molecule has 0 saturated heterocycles. The average molecular weight is 319 g/mol. The first-order chi connectivity index (χ1) is 10.9. The summed E-state index contributed by atoms with van der Waals surface area (Å²) in [6.45, 7) is 12.7. The highest BCUT2D eigenvalue weighted by Gasteiger charge is 2.57. The van der Waals surface area contributed by atoms with Gasteiger partial charge in [0.2, 0.25) is 0 Å². The molecule has 0 heteroatoms. The highest BCUT2D eigenvalue weighted by atomic mass is 14.6. The Morgan fingerprint density at radius 1 is 0.913 bits per heavy atom. The van der Waals surface area contributed by atoms with Crippen molar-refractivity contribution in [2.75, 3.05) is 0 Å². The summed E-state index contributed by atoms with van der Waals surface area (Å²) in [4.78, 5) is 0. The Labute approximate surface area is 146 Å². The van der Waals surface area contributed by atoms with Crippen molar-refractivity contribution in [3.63, 3.8) is 0 Å². The van der Waals surface area contributed by atoms with Gasteiger partial charge in [0.05, 0.1) is 0 Å². The van der Waals surface area contributed by atoms with Crippen LogP contribution in [-0.2, 0) is 0 Å². The lowest BCUT2D eigenvalue weighted by Gasteiger charge is -2.33. The third-order valence-corrected chi connectivity index (χ3v) is 9.16. The third kappa shape index (κ3) is 3.52. The topological polar surface area (TPSA) is 0 Å². The Kier molecular flexibility index (Phi) is 5.20. The Morgan fingerprint density at radius 2 is 1.65 bits per heavy atom. The van der Waals surface area contributed by atoms with Crippen LogP contribution in [0.1, 0.15) is 105 Å². The minimum absolute atomic E-state index is 0.659. The number of hydrogen-bond donors (Lipinski definition) is 0. The quantitative estimate of drug-likeness (QED) is 0.476. The van der Waals surface area contributed by atoms with Crippen LogP contribution in [0.25, 0.3) is 0 Å². The summed E-state index contributed by atoms with van der Waals surface area (Å²) >= 11 is 0. The minimum atomic E-state index is 0.659. The van der Waals surface area contributed by atoms with E-state index in [9.17, 15) is 0 Å². The van der Waals surface area contributed by atoms with Crippen LogP contribution in [0.4, 0.5) is 0 Å². The van der Waals surface area contributed by atoms with Gasteiger partial charge in [0.25, 0.3) is 0 Å². The fourth-order valence-electron chi connectivity index (χ4n) is 6.37. The van der Waals surface area contributed by atoms with E-state index in [-0.39, 0.29) is 0 Å². The van der Waals surface area contributed by atoms with Gasteiger partial charge in [0.1, 0.15) is 0 Å². The summed E-state index contributed by atoms with van der Waals surface area (Å²) < 4.78 is 0. The summed E-state index contributed by atoms with van der Waals surface area (Å²) in [5.74, 6) is 4.92. The van der Waals surface area contributed by atoms with E-state index in [1.54, 1.807) is 12.8 Å². The first-order valence-corrected chi connectivity index (χ1v) is 10.9. The van der Waals surface area contributed by atoms with Crippen LogP contribution < -0.4 is 0 Å². The van der Waals surface area contributed by atoms with Gasteiger partial charge in [-0.05, 0) is 78.9 Å². The van der Waals surface area contributed by atoms with E-state index in [0.717, 1.165) is 35.0 Å². The Bertz CT molecular complexity index is 399. The predicted molar refractivity (Wildman–Crippen MR) is 101 cm³/mol. The zero-order valence-corrected chi connectivity index (χ0v) is 16.7. The smallest absolute Gasteiger partial charge is 0.0240 e. The van der Waals surface area contributed by atoms with E-state index in [0.29, 0.717) is 5.41 Å². The second-order valence-corrected chi connectivity index (χ2v) is 10.5. The van der Waals surface area contributed by atoms with Gasteiger partial charge in [-0.25, -0.2) is 0 Å². The minimum Gasteiger partial charge on any atom is -0.0623 e. The van der Waals surface area contributed by atoms with Crippen molar-refractivity contribution in [1.82, 2.24) is 0 Å². The van der Waals surface area contributed by atoms with Crippen LogP contribution in [0.15, 0.2) is 0 Å². The molecule has 1 spiro atoms. The Balaban J connectivity index is 1.44. The monoisotopic (exact) mass is 318 g/mol. The molecule has 7 atom stereocenters. The fourth-order valence-corrected chi connectivity index (χ4v) is 6.37. The van der Waals surface area contributed by atoms with E-state index >= 15 is 0 Å². The van der Waals surface area contributed by atoms with Gasteiger partial charge in [-0.15, -0.1) is 0 Å². The molecule has 0 aromatic carbocycles. The molecule has 3 saturated carbocycles. The molecule has 3 fully saturated rings. The number of hydrogen-bond acceptors (Lipinski definition) is 0. The summed E-state index contributed by atoms with van der Waals surface area (Å²) in [5.41, 5.74) is 1.46. The third-order valence-electron chi connectivity index (χ3n) is 9.16. The fraction of sp³-hybridized carbons (Fsp3) is 1.00. The highest BCUT2D eigenvalue weighted by molar-refractivity contribution is 5.06. The van der Waals surface area contributed by atoms with Crippen LogP contribution in [0.2, 0.25) is 0 Å². The van der Waals surface area contributed by atoms with Crippen molar-refractivity contribution in [3.05, 3.63) is 0 Å². The van der Waals surface area contributed by atoms with Crippen LogP contribution in [-0.4, -0.2) is 0 Å². The lowest BCUT2D eigenvalue weighted by atomic mass is 9.72. The first-order valence-electron chi connectivity index (χ1n) is 10.9. The van der Waals surface area contributed by atoms with Gasteiger partial charge < -0.3 is 0 Å². The van der Waals surface area contributed by atoms with Gasteiger partial charge >= 0.3 is 0 Å². The molecular weight excluding hydrogens is 276 g/mol. The van der Waals surface area contributed by atoms with Crippen molar-refractivity contribution in [3.8, 4) is 0 Å². The lowest BCUT2D eigenvalue weighted by molar-refractivity contribution is 0.174. The molecule has 0 N–H and O–H groups in total. The zero-order chi connectivity index (χ0) is 16.7. The van der Waals surface area contributed by atoms with E-state index in [1.807, 2.05) is 0 Å². The van der Waals surface area contributed by atoms with Gasteiger partial charge in [0, 0.05) is 0 Å². The van der Waals surface area contributed by atoms with Gasteiger partial charge in [-0.1, -0.05) is 66.7 Å². The summed E-state index contributed by atoms with van der Waals surface area (Å²) in [6, 6.07) is 0. The van der Waals surface area contributed by atoms with E-state index < -0.39 is 0 Å². The largest absolute Gasteiger partial charge is 0.0623 e. The molecular formula is C23H42. The molecule has 7 unspecified atom stereocenters. The highest BCUT2D eigenvalue weighted by Crippen LogP contribution is 2.66. The molecule has 0 radical (unpaired) electrons. The second-order valence-electron chi connectivity index (χ2n) is 10.5. The molecule has 0 aliphatic heterocycles. The molecule has 3 aliphatic carbocycles. The summed E-state index contributed by atoms with van der Waals surface area (Å²) in [7, 11) is 0. The van der Waals surface area contributed by atoms with Crippen molar-refractivity contribution < 1.29 is 0 Å². The maximum absolute atomic E-state index is 2.57. The molecule has 3 aliphatic rings. The summed E-state index contributed by atoms with van der Waals surface area (Å²) in [5, 5.41) is 0. The molecule has 23 heavy (non-hydrogen) atoms. The molecule has 0 bridgehead atoms. The lowest BCUT2D eigenvalue weighted by Crippen LogP contribution is -2.23. The van der Waals surface area contributed by atoms with Crippen molar-refractivity contribution in [2.45, 2.75) is 105 Å². The predicted octanol–water partition coefficient (Wildman–Crippen LogP) is 7.47. The normalized spacial score (nSPS) is 46.0. The average Bonchev–Trinajstić information content (AvgIpc) is 3.09. The number of rotatable bonds is 6. The van der Waals surface area contributed by atoms with Crippen molar-refractivity contribution in [1.29, 1.82) is 0 Å². The van der Waals surface area contributed by atoms with E-state index in [4.69, 9.17) is 0 Å². The Morgan fingerprint density at radius 3 is 2.30 bits per heavy atom. The maximum Gasteiger partial charge on any atom is -0.0240 e. The van der Waals surface area contributed by atoms with Gasteiger partial charge in [-0.3, -0.25) is 0 Å². The van der Waals surface area contributed by atoms with Crippen LogP contribution in [0.5, 0.6) is 0 Å². The molecule has 0 amide bonds. The maximum atomic E-state index is 2.57. The SMILES string of the molecule is CC(CCC1(C)CCCC1C)C(C)CC1CC12CCCCC2C. The van der Waals surface area contributed by atoms with Crippen LogP contribution >= 0.6 is 0 Å².